The molecule has 0 aliphatic carbocycles. The number of halogens is 1. The Kier molecular flexibility index (Phi) is 3.32. The summed E-state index contributed by atoms with van der Waals surface area (Å²) in [6.07, 6.45) is 2.12. The van der Waals surface area contributed by atoms with Crippen LogP contribution in [0.5, 0.6) is 0 Å². The molecule has 0 radical (unpaired) electrons. The maximum atomic E-state index is 3.48. The zero-order chi connectivity index (χ0) is 14.9. The van der Waals surface area contributed by atoms with Crippen LogP contribution in [0.2, 0.25) is 0 Å². The molecule has 3 aromatic carbocycles. The predicted octanol–water partition coefficient (Wildman–Crippen LogP) is 6.06. The normalized spacial score (nSPS) is 11.0. The number of fused-ring (bicyclic) bond motifs is 1. The highest BCUT2D eigenvalue weighted by atomic mass is 79.9. The van der Waals surface area contributed by atoms with Gasteiger partial charge < -0.3 is 4.57 Å². The summed E-state index contributed by atoms with van der Waals surface area (Å²) in [6.45, 7) is 0. The number of aromatic nitrogens is 1. The average Bonchev–Trinajstić information content (AvgIpc) is 3.00. The second-order valence-corrected chi connectivity index (χ2v) is 6.21. The van der Waals surface area contributed by atoms with Gasteiger partial charge in [-0.2, -0.15) is 0 Å². The van der Waals surface area contributed by atoms with Crippen LogP contribution >= 0.6 is 15.9 Å². The van der Waals surface area contributed by atoms with Crippen molar-refractivity contribution in [2.45, 2.75) is 0 Å². The first-order chi connectivity index (χ1) is 10.8. The molecule has 2 heteroatoms. The molecule has 106 valence electrons. The van der Waals surface area contributed by atoms with Gasteiger partial charge in [-0.3, -0.25) is 0 Å². The molecule has 1 nitrogen and oxygen atoms in total. The maximum Gasteiger partial charge on any atom is 0.0528 e. The van der Waals surface area contributed by atoms with E-state index >= 15 is 0 Å². The molecule has 4 aromatic rings. The van der Waals surface area contributed by atoms with Crippen LogP contribution in [-0.2, 0) is 0 Å². The second-order valence-electron chi connectivity index (χ2n) is 5.30. The van der Waals surface area contributed by atoms with Crippen molar-refractivity contribution in [2.24, 2.45) is 0 Å². The monoisotopic (exact) mass is 347 g/mol. The molecule has 0 saturated carbocycles. The van der Waals surface area contributed by atoms with Gasteiger partial charge in [0.1, 0.15) is 0 Å². The molecule has 0 amide bonds. The summed E-state index contributed by atoms with van der Waals surface area (Å²) >= 11 is 3.48. The Morgan fingerprint density at radius 1 is 0.636 bits per heavy atom. The lowest BCUT2D eigenvalue weighted by atomic mass is 10.1. The number of hydrogen-bond donors (Lipinski definition) is 0. The number of hydrogen-bond acceptors (Lipinski definition) is 0. The summed E-state index contributed by atoms with van der Waals surface area (Å²) in [6, 6.07) is 27.7. The molecule has 0 atom stereocenters. The third kappa shape index (κ3) is 2.36. The fourth-order valence-electron chi connectivity index (χ4n) is 2.76. The van der Waals surface area contributed by atoms with Gasteiger partial charge in [0, 0.05) is 16.4 Å². The van der Waals surface area contributed by atoms with Gasteiger partial charge in [-0.25, -0.2) is 0 Å². The second kappa shape index (κ2) is 5.47. The van der Waals surface area contributed by atoms with Gasteiger partial charge in [0.2, 0.25) is 0 Å². The fraction of sp³-hybridized carbons (Fsp3) is 0. The molecule has 0 saturated heterocycles. The van der Waals surface area contributed by atoms with Crippen molar-refractivity contribution in [2.75, 3.05) is 0 Å². The zero-order valence-corrected chi connectivity index (χ0v) is 13.5. The Hall–Kier alpha value is -2.32. The Balaban J connectivity index is 1.74. The molecule has 0 fully saturated rings. The first-order valence-electron chi connectivity index (χ1n) is 7.24. The molecule has 22 heavy (non-hydrogen) atoms. The molecular formula is C20H14BrN. The average molecular weight is 348 g/mol. The van der Waals surface area contributed by atoms with Gasteiger partial charge in [0.25, 0.3) is 0 Å². The highest BCUT2D eigenvalue weighted by molar-refractivity contribution is 9.10. The summed E-state index contributed by atoms with van der Waals surface area (Å²) < 4.78 is 3.33. The van der Waals surface area contributed by atoms with Crippen molar-refractivity contribution < 1.29 is 0 Å². The molecule has 0 unspecified atom stereocenters. The summed E-state index contributed by atoms with van der Waals surface area (Å²) in [5.41, 5.74) is 4.88. The molecule has 0 bridgehead atoms. The molecular weight excluding hydrogens is 334 g/mol. The zero-order valence-electron chi connectivity index (χ0n) is 11.9. The minimum atomic E-state index is 1.10. The Bertz CT molecular complexity index is 918. The minimum Gasteiger partial charge on any atom is -0.317 e. The van der Waals surface area contributed by atoms with Crippen molar-refractivity contribution in [3.05, 3.63) is 89.5 Å². The molecule has 0 N–H and O–H groups in total. The highest BCUT2D eigenvalue weighted by Crippen LogP contribution is 2.25. The van der Waals surface area contributed by atoms with Gasteiger partial charge in [-0.05, 0) is 52.9 Å². The molecule has 0 aliphatic rings. The molecule has 0 aliphatic heterocycles. The van der Waals surface area contributed by atoms with Crippen LogP contribution in [-0.4, -0.2) is 4.57 Å². The van der Waals surface area contributed by atoms with E-state index in [0.29, 0.717) is 0 Å². The van der Waals surface area contributed by atoms with Crippen LogP contribution in [0, 0.1) is 0 Å². The quantitative estimate of drug-likeness (QED) is 0.415. The van der Waals surface area contributed by atoms with Crippen molar-refractivity contribution in [1.29, 1.82) is 0 Å². The van der Waals surface area contributed by atoms with Gasteiger partial charge >= 0.3 is 0 Å². The minimum absolute atomic E-state index is 1.10. The van der Waals surface area contributed by atoms with Crippen LogP contribution in [0.1, 0.15) is 0 Å². The molecule has 1 aromatic heterocycles. The number of para-hydroxylation sites is 1. The van der Waals surface area contributed by atoms with E-state index in [2.05, 4.69) is 106 Å². The first-order valence-corrected chi connectivity index (χ1v) is 8.03. The van der Waals surface area contributed by atoms with E-state index in [1.54, 1.807) is 0 Å². The summed E-state index contributed by atoms with van der Waals surface area (Å²) in [5, 5.41) is 1.26. The summed E-state index contributed by atoms with van der Waals surface area (Å²) in [7, 11) is 0. The third-order valence-electron chi connectivity index (χ3n) is 3.92. The molecule has 1 heterocycles. The lowest BCUT2D eigenvalue weighted by Crippen LogP contribution is -1.91. The molecule has 4 rings (SSSR count). The smallest absolute Gasteiger partial charge is 0.0528 e. The Morgan fingerprint density at radius 3 is 2.00 bits per heavy atom. The van der Waals surface area contributed by atoms with Gasteiger partial charge in [0.15, 0.2) is 0 Å². The lowest BCUT2D eigenvalue weighted by Gasteiger charge is -2.07. The van der Waals surface area contributed by atoms with Gasteiger partial charge in [0.05, 0.1) is 5.52 Å². The number of benzene rings is 3. The highest BCUT2D eigenvalue weighted by Gasteiger charge is 2.03. The third-order valence-corrected chi connectivity index (χ3v) is 4.45. The largest absolute Gasteiger partial charge is 0.317 e. The van der Waals surface area contributed by atoms with Crippen LogP contribution in [0.4, 0.5) is 0 Å². The molecule has 0 spiro atoms. The lowest BCUT2D eigenvalue weighted by molar-refractivity contribution is 1.13. The van der Waals surface area contributed by atoms with Gasteiger partial charge in [-0.1, -0.05) is 58.4 Å². The first kappa shape index (κ1) is 13.4. The van der Waals surface area contributed by atoms with E-state index in [4.69, 9.17) is 0 Å². The van der Waals surface area contributed by atoms with Gasteiger partial charge in [-0.15, -0.1) is 0 Å². The van der Waals surface area contributed by atoms with Crippen molar-refractivity contribution in [3.63, 3.8) is 0 Å². The SMILES string of the molecule is Brc1ccc(-c2ccc(-n3ccc4ccccc43)cc2)cc1. The van der Waals surface area contributed by atoms with Crippen molar-refractivity contribution in [3.8, 4) is 16.8 Å². The predicted molar refractivity (Wildman–Crippen MR) is 96.4 cm³/mol. The van der Waals surface area contributed by atoms with Crippen LogP contribution < -0.4 is 0 Å². The van der Waals surface area contributed by atoms with E-state index < -0.39 is 0 Å². The van der Waals surface area contributed by atoms with E-state index in [1.807, 2.05) is 0 Å². The van der Waals surface area contributed by atoms with E-state index in [-0.39, 0.29) is 0 Å². The number of rotatable bonds is 2. The maximum absolute atomic E-state index is 3.48. The summed E-state index contributed by atoms with van der Waals surface area (Å²) in [4.78, 5) is 0. The fourth-order valence-corrected chi connectivity index (χ4v) is 3.03. The van der Waals surface area contributed by atoms with E-state index in [0.717, 1.165) is 4.47 Å². The van der Waals surface area contributed by atoms with Crippen molar-refractivity contribution >= 4 is 26.8 Å². The standard InChI is InChI=1S/C20H14BrN/c21-18-9-5-15(6-10-18)16-7-11-19(12-8-16)22-14-13-17-3-1-2-4-20(17)22/h1-14H. The summed E-state index contributed by atoms with van der Waals surface area (Å²) in [5.74, 6) is 0. The van der Waals surface area contributed by atoms with Crippen LogP contribution in [0.15, 0.2) is 89.5 Å². The Morgan fingerprint density at radius 2 is 1.27 bits per heavy atom. The Labute approximate surface area is 138 Å². The van der Waals surface area contributed by atoms with E-state index in [9.17, 15) is 0 Å². The number of nitrogens with zero attached hydrogens (tertiary/aromatic N) is 1. The topological polar surface area (TPSA) is 4.93 Å². The van der Waals surface area contributed by atoms with Crippen LogP contribution in [0.25, 0.3) is 27.7 Å². The van der Waals surface area contributed by atoms with Crippen molar-refractivity contribution in [1.82, 2.24) is 4.57 Å². The van der Waals surface area contributed by atoms with E-state index in [1.165, 1.54) is 27.7 Å². The van der Waals surface area contributed by atoms with Crippen LogP contribution in [0.3, 0.4) is 0 Å².